The van der Waals surface area contributed by atoms with E-state index in [1.54, 1.807) is 13.2 Å². The van der Waals surface area contributed by atoms with Gasteiger partial charge in [0.15, 0.2) is 0 Å². The Bertz CT molecular complexity index is 1180. The molecule has 0 aliphatic carbocycles. The fourth-order valence-corrected chi connectivity index (χ4v) is 4.98. The normalized spacial score (nSPS) is 18.5. The minimum Gasteiger partial charge on any atom is -0.497 e. The zero-order valence-electron chi connectivity index (χ0n) is 20.4. The summed E-state index contributed by atoms with van der Waals surface area (Å²) in [6.07, 6.45) is 4.86. The van der Waals surface area contributed by atoms with Crippen LogP contribution in [0.15, 0.2) is 72.8 Å². The van der Waals surface area contributed by atoms with Gasteiger partial charge in [-0.05, 0) is 83.8 Å². The molecule has 0 aromatic heterocycles. The summed E-state index contributed by atoms with van der Waals surface area (Å²) in [4.78, 5) is 13.4. The van der Waals surface area contributed by atoms with Crippen molar-refractivity contribution in [1.82, 2.24) is 0 Å². The van der Waals surface area contributed by atoms with Gasteiger partial charge in [-0.1, -0.05) is 56.3 Å². The molecule has 1 N–H and O–H groups in total. The van der Waals surface area contributed by atoms with Crippen LogP contribution >= 0.6 is 0 Å². The van der Waals surface area contributed by atoms with Crippen LogP contribution in [0, 0.1) is 0 Å². The Balaban J connectivity index is 1.80. The standard InChI is InChI=1S/C30H33NO3/c1-5-21(2)23-9-13-26(14-10-23)31-19-18-24-20-27(34-4)15-16-28(24)30(31,3)25-11-6-22(7-12-25)8-17-29(32)33/h6-17,20-21H,5,18-19H2,1-4H3,(H,32,33)/b17-8+. The van der Waals surface area contributed by atoms with E-state index in [0.29, 0.717) is 5.92 Å². The highest BCUT2D eigenvalue weighted by Gasteiger charge is 2.40. The molecule has 2 unspecified atom stereocenters. The fourth-order valence-electron chi connectivity index (χ4n) is 4.98. The van der Waals surface area contributed by atoms with Gasteiger partial charge < -0.3 is 14.7 Å². The number of fused-ring (bicyclic) bond motifs is 1. The lowest BCUT2D eigenvalue weighted by atomic mass is 9.76. The molecule has 0 saturated carbocycles. The van der Waals surface area contributed by atoms with Crippen LogP contribution in [-0.4, -0.2) is 24.7 Å². The average Bonchev–Trinajstić information content (AvgIpc) is 2.87. The van der Waals surface area contributed by atoms with Crippen LogP contribution < -0.4 is 9.64 Å². The Kier molecular flexibility index (Phi) is 6.78. The lowest BCUT2D eigenvalue weighted by molar-refractivity contribution is -0.131. The van der Waals surface area contributed by atoms with Crippen molar-refractivity contribution in [2.45, 2.75) is 45.1 Å². The number of hydrogen-bond acceptors (Lipinski definition) is 3. The van der Waals surface area contributed by atoms with Gasteiger partial charge in [0.2, 0.25) is 0 Å². The Morgan fingerprint density at radius 2 is 1.82 bits per heavy atom. The molecule has 34 heavy (non-hydrogen) atoms. The van der Waals surface area contributed by atoms with E-state index < -0.39 is 5.97 Å². The Morgan fingerprint density at radius 1 is 1.12 bits per heavy atom. The smallest absolute Gasteiger partial charge is 0.328 e. The monoisotopic (exact) mass is 455 g/mol. The molecule has 0 radical (unpaired) electrons. The lowest BCUT2D eigenvalue weighted by Gasteiger charge is -2.48. The summed E-state index contributed by atoms with van der Waals surface area (Å²) < 4.78 is 5.50. The van der Waals surface area contributed by atoms with Gasteiger partial charge in [-0.3, -0.25) is 0 Å². The fraction of sp³-hybridized carbons (Fsp3) is 0.300. The summed E-state index contributed by atoms with van der Waals surface area (Å²) in [6, 6.07) is 23.6. The second-order valence-corrected chi connectivity index (χ2v) is 9.19. The van der Waals surface area contributed by atoms with E-state index in [0.717, 1.165) is 36.3 Å². The maximum atomic E-state index is 10.9. The second-order valence-electron chi connectivity index (χ2n) is 9.19. The van der Waals surface area contributed by atoms with E-state index in [1.165, 1.54) is 28.5 Å². The minimum absolute atomic E-state index is 0.382. The van der Waals surface area contributed by atoms with Gasteiger partial charge in [0, 0.05) is 18.3 Å². The van der Waals surface area contributed by atoms with Crippen molar-refractivity contribution >= 4 is 17.7 Å². The van der Waals surface area contributed by atoms with Crippen molar-refractivity contribution in [3.05, 3.63) is 101 Å². The largest absolute Gasteiger partial charge is 0.497 e. The number of carboxylic acid groups (broad SMARTS) is 1. The molecule has 176 valence electrons. The van der Waals surface area contributed by atoms with Crippen molar-refractivity contribution in [3.63, 3.8) is 0 Å². The van der Waals surface area contributed by atoms with E-state index in [9.17, 15) is 4.79 Å². The average molecular weight is 456 g/mol. The second kappa shape index (κ2) is 9.76. The molecular formula is C30H33NO3. The number of aliphatic carboxylic acids is 1. The molecule has 1 heterocycles. The molecule has 0 amide bonds. The maximum absolute atomic E-state index is 10.9. The molecule has 4 rings (SSSR count). The predicted molar refractivity (Wildman–Crippen MR) is 139 cm³/mol. The van der Waals surface area contributed by atoms with Gasteiger partial charge >= 0.3 is 5.97 Å². The highest BCUT2D eigenvalue weighted by Crippen LogP contribution is 2.44. The number of carboxylic acids is 1. The van der Waals surface area contributed by atoms with Crippen LogP contribution in [-0.2, 0) is 16.8 Å². The van der Waals surface area contributed by atoms with E-state index in [2.05, 4.69) is 74.2 Å². The highest BCUT2D eigenvalue weighted by atomic mass is 16.5. The number of benzene rings is 3. The summed E-state index contributed by atoms with van der Waals surface area (Å²) >= 11 is 0. The summed E-state index contributed by atoms with van der Waals surface area (Å²) in [5.74, 6) is 0.473. The van der Waals surface area contributed by atoms with Crippen LogP contribution in [0.4, 0.5) is 5.69 Å². The van der Waals surface area contributed by atoms with Crippen molar-refractivity contribution < 1.29 is 14.6 Å². The number of rotatable bonds is 7. The van der Waals surface area contributed by atoms with Gasteiger partial charge in [0.1, 0.15) is 5.75 Å². The predicted octanol–water partition coefficient (Wildman–Crippen LogP) is 6.63. The number of hydrogen-bond donors (Lipinski definition) is 1. The molecule has 0 saturated heterocycles. The molecule has 2 atom stereocenters. The molecule has 4 nitrogen and oxygen atoms in total. The van der Waals surface area contributed by atoms with Crippen LogP contribution in [0.5, 0.6) is 5.75 Å². The van der Waals surface area contributed by atoms with Gasteiger partial charge in [-0.15, -0.1) is 0 Å². The highest BCUT2D eigenvalue weighted by molar-refractivity contribution is 5.85. The number of anilines is 1. The molecule has 0 spiro atoms. The number of methoxy groups -OCH3 is 1. The quantitative estimate of drug-likeness (QED) is 0.406. The van der Waals surface area contributed by atoms with Crippen molar-refractivity contribution in [3.8, 4) is 5.75 Å². The van der Waals surface area contributed by atoms with E-state index >= 15 is 0 Å². The third-order valence-electron chi connectivity index (χ3n) is 7.26. The van der Waals surface area contributed by atoms with Gasteiger partial charge in [-0.25, -0.2) is 4.79 Å². The molecule has 1 aliphatic rings. The summed E-state index contributed by atoms with van der Waals surface area (Å²) in [7, 11) is 1.71. The van der Waals surface area contributed by atoms with Gasteiger partial charge in [0.25, 0.3) is 0 Å². The van der Waals surface area contributed by atoms with Crippen LogP contribution in [0.1, 0.15) is 60.9 Å². The molecule has 3 aromatic carbocycles. The minimum atomic E-state index is -0.946. The third-order valence-corrected chi connectivity index (χ3v) is 7.26. The first kappa shape index (κ1) is 23.6. The molecule has 0 bridgehead atoms. The molecular weight excluding hydrogens is 422 g/mol. The van der Waals surface area contributed by atoms with Crippen molar-refractivity contribution in [2.24, 2.45) is 0 Å². The summed E-state index contributed by atoms with van der Waals surface area (Å²) in [6.45, 7) is 7.66. The van der Waals surface area contributed by atoms with E-state index in [4.69, 9.17) is 9.84 Å². The van der Waals surface area contributed by atoms with Crippen molar-refractivity contribution in [2.75, 3.05) is 18.6 Å². The Hall–Kier alpha value is -3.53. The van der Waals surface area contributed by atoms with E-state index in [1.807, 2.05) is 18.2 Å². The molecule has 4 heteroatoms. The van der Waals surface area contributed by atoms with Crippen LogP contribution in [0.2, 0.25) is 0 Å². The summed E-state index contributed by atoms with van der Waals surface area (Å²) in [5.41, 5.74) is 6.77. The van der Waals surface area contributed by atoms with Crippen LogP contribution in [0.25, 0.3) is 6.08 Å². The summed E-state index contributed by atoms with van der Waals surface area (Å²) in [5, 5.41) is 8.95. The lowest BCUT2D eigenvalue weighted by Crippen LogP contribution is -2.49. The first-order valence-electron chi connectivity index (χ1n) is 11.9. The Labute approximate surface area is 202 Å². The topological polar surface area (TPSA) is 49.8 Å². The first-order valence-corrected chi connectivity index (χ1v) is 11.9. The third kappa shape index (κ3) is 4.45. The van der Waals surface area contributed by atoms with Crippen molar-refractivity contribution in [1.29, 1.82) is 0 Å². The van der Waals surface area contributed by atoms with Gasteiger partial charge in [-0.2, -0.15) is 0 Å². The molecule has 0 fully saturated rings. The molecule has 1 aliphatic heterocycles. The van der Waals surface area contributed by atoms with Gasteiger partial charge in [0.05, 0.1) is 12.6 Å². The zero-order valence-corrected chi connectivity index (χ0v) is 20.4. The first-order chi connectivity index (χ1) is 16.4. The Morgan fingerprint density at radius 3 is 2.44 bits per heavy atom. The number of nitrogens with zero attached hydrogens (tertiary/aromatic N) is 1. The number of carbonyl (C=O) groups is 1. The maximum Gasteiger partial charge on any atom is 0.328 e. The van der Waals surface area contributed by atoms with E-state index in [-0.39, 0.29) is 5.54 Å². The number of ether oxygens (including phenoxy) is 1. The molecule has 3 aromatic rings. The SMILES string of the molecule is CCC(C)c1ccc(N2CCc3cc(OC)ccc3C2(C)c2ccc(/C=C/C(=O)O)cc2)cc1. The van der Waals surface area contributed by atoms with Crippen LogP contribution in [0.3, 0.4) is 0 Å². The zero-order chi connectivity index (χ0) is 24.3.